The number of anilines is 3. The van der Waals surface area contributed by atoms with E-state index in [0.717, 1.165) is 22.7 Å². The summed E-state index contributed by atoms with van der Waals surface area (Å²) in [7, 11) is 0. The van der Waals surface area contributed by atoms with Gasteiger partial charge < -0.3 is 9.47 Å². The number of thiophene rings is 1. The molecule has 0 atom stereocenters. The average molecular weight is 769 g/mol. The van der Waals surface area contributed by atoms with Gasteiger partial charge in [-0.25, -0.2) is 0 Å². The highest BCUT2D eigenvalue weighted by Crippen LogP contribution is 2.51. The smallest absolute Gasteiger partial charge is 0.0562 e. The molecule has 0 saturated carbocycles. The molecule has 0 amide bonds. The van der Waals surface area contributed by atoms with Crippen LogP contribution in [-0.2, 0) is 0 Å². The minimum atomic E-state index is 1.12. The molecule has 10 aromatic carbocycles. The quantitative estimate of drug-likeness (QED) is 0.153. The van der Waals surface area contributed by atoms with E-state index in [4.69, 9.17) is 0 Å². The Bertz CT molecular complexity index is 3540. The van der Waals surface area contributed by atoms with E-state index in [1.165, 1.54) is 85.8 Å². The number of hydrogen-bond donors (Lipinski definition) is 0. The first kappa shape index (κ1) is 33.7. The van der Waals surface area contributed by atoms with Crippen molar-refractivity contribution in [1.29, 1.82) is 0 Å². The molecule has 0 aliphatic rings. The largest absolute Gasteiger partial charge is 0.309 e. The van der Waals surface area contributed by atoms with Gasteiger partial charge in [0.25, 0.3) is 0 Å². The van der Waals surface area contributed by atoms with Gasteiger partial charge in [0, 0.05) is 42.3 Å². The molecule has 12 aromatic rings. The molecular weight excluding hydrogens is 733 g/mol. The third-order valence-corrected chi connectivity index (χ3v) is 13.2. The van der Waals surface area contributed by atoms with Gasteiger partial charge in [0.05, 0.1) is 22.4 Å². The van der Waals surface area contributed by atoms with Crippen LogP contribution >= 0.6 is 11.3 Å². The lowest BCUT2D eigenvalue weighted by atomic mass is 9.97. The Kier molecular flexibility index (Phi) is 7.75. The summed E-state index contributed by atoms with van der Waals surface area (Å²) in [5.41, 5.74) is 11.8. The third-order valence-electron chi connectivity index (χ3n) is 12.0. The lowest BCUT2D eigenvalue weighted by Crippen LogP contribution is -2.11. The Morgan fingerprint density at radius 1 is 0.373 bits per heavy atom. The minimum absolute atomic E-state index is 1.12. The first-order chi connectivity index (χ1) is 29.3. The van der Waals surface area contributed by atoms with Crippen LogP contribution in [0.25, 0.3) is 91.5 Å². The molecule has 2 nitrogen and oxygen atoms in total. The maximum Gasteiger partial charge on any atom is 0.0562 e. The molecule has 3 heteroatoms. The highest BCUT2D eigenvalue weighted by molar-refractivity contribution is 7.26. The molecule has 0 bridgehead atoms. The summed E-state index contributed by atoms with van der Waals surface area (Å²) in [6.07, 6.45) is 0. The molecule has 0 unspecified atom stereocenters. The van der Waals surface area contributed by atoms with E-state index in [9.17, 15) is 0 Å². The van der Waals surface area contributed by atoms with Gasteiger partial charge in [-0.2, -0.15) is 0 Å². The Labute approximate surface area is 346 Å². The van der Waals surface area contributed by atoms with Crippen molar-refractivity contribution in [3.63, 3.8) is 0 Å². The van der Waals surface area contributed by atoms with Crippen LogP contribution in [0.15, 0.2) is 218 Å². The van der Waals surface area contributed by atoms with Crippen LogP contribution in [0, 0.1) is 0 Å². The molecule has 12 rings (SSSR count). The Hall–Kier alpha value is -7.46. The number of hydrogen-bond acceptors (Lipinski definition) is 2. The fourth-order valence-corrected chi connectivity index (χ4v) is 10.5. The average Bonchev–Trinajstić information content (AvgIpc) is 3.87. The highest BCUT2D eigenvalue weighted by Gasteiger charge is 2.25. The molecule has 2 heterocycles. The molecule has 0 aliphatic heterocycles. The van der Waals surface area contributed by atoms with Gasteiger partial charge in [-0.05, 0) is 98.4 Å². The fourth-order valence-electron chi connectivity index (χ4n) is 9.28. The van der Waals surface area contributed by atoms with Crippen molar-refractivity contribution in [2.45, 2.75) is 0 Å². The van der Waals surface area contributed by atoms with E-state index in [1.54, 1.807) is 0 Å². The second-order valence-electron chi connectivity index (χ2n) is 15.3. The van der Waals surface area contributed by atoms with Gasteiger partial charge in [0.1, 0.15) is 0 Å². The molecule has 0 saturated heterocycles. The maximum absolute atomic E-state index is 2.54. The second kappa shape index (κ2) is 13.6. The molecular formula is C56H36N2S. The zero-order valence-electron chi connectivity index (χ0n) is 32.1. The van der Waals surface area contributed by atoms with Crippen molar-refractivity contribution in [2.75, 3.05) is 4.90 Å². The van der Waals surface area contributed by atoms with Crippen LogP contribution < -0.4 is 4.90 Å². The van der Waals surface area contributed by atoms with Crippen molar-refractivity contribution in [1.82, 2.24) is 4.57 Å². The molecule has 0 radical (unpaired) electrons. The van der Waals surface area contributed by atoms with Gasteiger partial charge in [0.2, 0.25) is 0 Å². The molecule has 2 aromatic heterocycles. The molecule has 0 aliphatic carbocycles. The predicted octanol–water partition coefficient (Wildman–Crippen LogP) is 16.3. The first-order valence-electron chi connectivity index (χ1n) is 20.2. The van der Waals surface area contributed by atoms with Crippen molar-refractivity contribution >= 4 is 91.9 Å². The summed E-state index contributed by atoms with van der Waals surface area (Å²) in [5, 5.41) is 9.94. The zero-order chi connectivity index (χ0) is 38.9. The van der Waals surface area contributed by atoms with Crippen LogP contribution in [0.3, 0.4) is 0 Å². The van der Waals surface area contributed by atoms with Crippen molar-refractivity contribution < 1.29 is 0 Å². The summed E-state index contributed by atoms with van der Waals surface area (Å²) < 4.78 is 4.98. The summed E-state index contributed by atoms with van der Waals surface area (Å²) in [6.45, 7) is 0. The monoisotopic (exact) mass is 768 g/mol. The van der Waals surface area contributed by atoms with E-state index >= 15 is 0 Å². The zero-order valence-corrected chi connectivity index (χ0v) is 32.9. The van der Waals surface area contributed by atoms with E-state index in [0.29, 0.717) is 0 Å². The maximum atomic E-state index is 2.54. The number of benzene rings is 10. The van der Waals surface area contributed by atoms with E-state index in [-0.39, 0.29) is 0 Å². The normalized spacial score (nSPS) is 11.7. The van der Waals surface area contributed by atoms with Gasteiger partial charge in [0.15, 0.2) is 0 Å². The van der Waals surface area contributed by atoms with Crippen LogP contribution in [-0.4, -0.2) is 4.57 Å². The SMILES string of the molecule is c1ccc(-c2ccc(-c3ccc(N(c4ccc5ccc6ccccc6c5c4)c4cccc5c4c4ccccc4n5-c4ccccc4)c4c3sc3ccccc34)cc2)cc1. The van der Waals surface area contributed by atoms with Gasteiger partial charge in [-0.3, -0.25) is 0 Å². The number of nitrogens with zero attached hydrogens (tertiary/aromatic N) is 2. The summed E-state index contributed by atoms with van der Waals surface area (Å²) >= 11 is 1.89. The fraction of sp³-hybridized carbons (Fsp3) is 0. The van der Waals surface area contributed by atoms with Gasteiger partial charge in [-0.15, -0.1) is 11.3 Å². The molecule has 59 heavy (non-hydrogen) atoms. The Balaban J connectivity index is 1.17. The number of para-hydroxylation sites is 2. The highest BCUT2D eigenvalue weighted by atomic mass is 32.1. The summed E-state index contributed by atoms with van der Waals surface area (Å²) in [4.78, 5) is 2.54. The molecule has 0 N–H and O–H groups in total. The first-order valence-corrected chi connectivity index (χ1v) is 21.0. The van der Waals surface area contributed by atoms with Crippen LogP contribution in [0.1, 0.15) is 0 Å². The minimum Gasteiger partial charge on any atom is -0.309 e. The second-order valence-corrected chi connectivity index (χ2v) is 16.3. The van der Waals surface area contributed by atoms with Crippen molar-refractivity contribution in [3.05, 3.63) is 218 Å². The molecule has 0 spiro atoms. The lowest BCUT2D eigenvalue weighted by Gasteiger charge is -2.28. The molecule has 276 valence electrons. The standard InChI is InChI=1S/C56H36N2S/c1-3-14-37(15-4-1)38-26-28-40(29-27-38)45-34-35-52(55-47-21-10-12-25-53(47)59-56(45)55)58(43-33-32-41-31-30-39-16-7-8-19-44(39)48(41)36-43)51-24-13-23-50-54(51)46-20-9-11-22-49(46)57(50)42-17-5-2-6-18-42/h1-36H. The van der Waals surface area contributed by atoms with E-state index < -0.39 is 0 Å². The number of rotatable bonds is 6. The topological polar surface area (TPSA) is 8.17 Å². The Morgan fingerprint density at radius 3 is 1.81 bits per heavy atom. The van der Waals surface area contributed by atoms with Gasteiger partial charge in [-0.1, -0.05) is 164 Å². The molecule has 0 fully saturated rings. The number of aromatic nitrogens is 1. The summed E-state index contributed by atoms with van der Waals surface area (Å²) in [6, 6.07) is 80.0. The van der Waals surface area contributed by atoms with Crippen molar-refractivity contribution in [3.8, 4) is 27.9 Å². The van der Waals surface area contributed by atoms with E-state index in [1.807, 2.05) is 11.3 Å². The third kappa shape index (κ3) is 5.40. The van der Waals surface area contributed by atoms with Crippen LogP contribution in [0.4, 0.5) is 17.1 Å². The van der Waals surface area contributed by atoms with Crippen molar-refractivity contribution in [2.24, 2.45) is 0 Å². The summed E-state index contributed by atoms with van der Waals surface area (Å²) in [5.74, 6) is 0. The van der Waals surface area contributed by atoms with Crippen LogP contribution in [0.5, 0.6) is 0 Å². The number of fused-ring (bicyclic) bond motifs is 9. The Morgan fingerprint density at radius 2 is 0.983 bits per heavy atom. The predicted molar refractivity (Wildman–Crippen MR) is 254 cm³/mol. The lowest BCUT2D eigenvalue weighted by molar-refractivity contribution is 1.18. The van der Waals surface area contributed by atoms with Gasteiger partial charge >= 0.3 is 0 Å². The van der Waals surface area contributed by atoms with Crippen LogP contribution in [0.2, 0.25) is 0 Å². The van der Waals surface area contributed by atoms with E-state index in [2.05, 4.69) is 228 Å².